The van der Waals surface area contributed by atoms with Crippen LogP contribution in [-0.2, 0) is 26.2 Å². The minimum absolute atomic E-state index is 0.0729. The lowest BCUT2D eigenvalue weighted by atomic mass is 10.1. The average molecular weight is 449 g/mol. The van der Waals surface area contributed by atoms with Crippen LogP contribution in [0.25, 0.3) is 0 Å². The molecule has 1 heterocycles. The van der Waals surface area contributed by atoms with Gasteiger partial charge in [0.2, 0.25) is 21.8 Å². The number of nitrogens with one attached hydrogen (secondary N) is 2. The minimum Gasteiger partial charge on any atom is -0.345 e. The lowest BCUT2D eigenvalue weighted by Crippen LogP contribution is -2.37. The summed E-state index contributed by atoms with van der Waals surface area (Å²) in [6.07, 6.45) is 1.14. The maximum Gasteiger partial charge on any atom is 0.251 e. The van der Waals surface area contributed by atoms with E-state index in [1.807, 2.05) is 26.0 Å². The minimum atomic E-state index is -3.77. The number of carbonyl (C=O) groups excluding carboxylic acids is 2. The average Bonchev–Trinajstić information content (AvgIpc) is 2.72. The van der Waals surface area contributed by atoms with Gasteiger partial charge in [-0.3, -0.25) is 14.4 Å². The molecule has 0 radical (unpaired) electrons. The van der Waals surface area contributed by atoms with E-state index in [-0.39, 0.29) is 24.5 Å². The summed E-state index contributed by atoms with van der Waals surface area (Å²) in [5, 5.41) is 5.17. The molecular formula is C21H28N4O5S. The van der Waals surface area contributed by atoms with Gasteiger partial charge in [0, 0.05) is 31.0 Å². The summed E-state index contributed by atoms with van der Waals surface area (Å²) in [5.74, 6) is -0.997. The van der Waals surface area contributed by atoms with Crippen molar-refractivity contribution in [2.45, 2.75) is 39.1 Å². The molecule has 1 aromatic carbocycles. The molecule has 0 unspecified atom stereocenters. The maximum absolute atomic E-state index is 12.6. The molecule has 0 aliphatic rings. The van der Waals surface area contributed by atoms with Crippen molar-refractivity contribution in [3.63, 3.8) is 0 Å². The highest BCUT2D eigenvalue weighted by atomic mass is 32.2. The molecule has 2 N–H and O–H groups in total. The third-order valence-corrected chi connectivity index (χ3v) is 6.97. The molecule has 10 heteroatoms. The Balaban J connectivity index is 2.04. The molecule has 0 saturated heterocycles. The van der Waals surface area contributed by atoms with Gasteiger partial charge in [-0.05, 0) is 37.1 Å². The smallest absolute Gasteiger partial charge is 0.251 e. The monoisotopic (exact) mass is 448 g/mol. The summed E-state index contributed by atoms with van der Waals surface area (Å²) in [6.45, 7) is 7.13. The molecule has 2 aromatic rings. The van der Waals surface area contributed by atoms with Crippen LogP contribution >= 0.6 is 0 Å². The number of aromatic nitrogens is 1. The molecule has 0 saturated carbocycles. The highest BCUT2D eigenvalue weighted by Gasteiger charge is 2.22. The van der Waals surface area contributed by atoms with Gasteiger partial charge in [-0.25, -0.2) is 8.42 Å². The molecule has 2 rings (SSSR count). The van der Waals surface area contributed by atoms with E-state index in [9.17, 15) is 22.8 Å². The quantitative estimate of drug-likeness (QED) is 0.599. The Bertz CT molecular complexity index is 1120. The normalized spacial score (nSPS) is 11.4. The lowest BCUT2D eigenvalue weighted by molar-refractivity contribution is -0.124. The highest BCUT2D eigenvalue weighted by Crippen LogP contribution is 2.17. The molecule has 0 fully saturated rings. The Kier molecular flexibility index (Phi) is 8.12. The van der Waals surface area contributed by atoms with Crippen LogP contribution in [-0.4, -0.2) is 48.7 Å². The molecule has 0 aliphatic carbocycles. The van der Waals surface area contributed by atoms with E-state index >= 15 is 0 Å². The molecule has 1 aromatic heterocycles. The Morgan fingerprint density at radius 2 is 1.71 bits per heavy atom. The topological polar surface area (TPSA) is 118 Å². The summed E-state index contributed by atoms with van der Waals surface area (Å²) in [7, 11) is -3.77. The summed E-state index contributed by atoms with van der Waals surface area (Å²) < 4.78 is 27.5. The standard InChI is InChI=1S/C21H28N4O5S/c1-5-25(6-2)31(29,30)17-10-11-21(28)24(13-17)14-20(27)22-12-19(26)23-18-9-7-8-15(3)16(18)4/h7-11,13H,5-6,12,14H2,1-4H3,(H,22,27)(H,23,26). The number of hydrogen-bond acceptors (Lipinski definition) is 5. The van der Waals surface area contributed by atoms with Gasteiger partial charge in [0.05, 0.1) is 11.4 Å². The molecule has 9 nitrogen and oxygen atoms in total. The zero-order valence-corrected chi connectivity index (χ0v) is 19.0. The van der Waals surface area contributed by atoms with Gasteiger partial charge >= 0.3 is 0 Å². The molecule has 2 amide bonds. The van der Waals surface area contributed by atoms with Crippen molar-refractivity contribution in [3.05, 3.63) is 58.0 Å². The van der Waals surface area contributed by atoms with E-state index in [0.29, 0.717) is 5.69 Å². The van der Waals surface area contributed by atoms with E-state index in [2.05, 4.69) is 10.6 Å². The number of anilines is 1. The van der Waals surface area contributed by atoms with E-state index in [4.69, 9.17) is 0 Å². The van der Waals surface area contributed by atoms with Crippen molar-refractivity contribution < 1.29 is 18.0 Å². The number of nitrogens with zero attached hydrogens (tertiary/aromatic N) is 2. The zero-order valence-electron chi connectivity index (χ0n) is 18.1. The Labute approximate surface area is 182 Å². The van der Waals surface area contributed by atoms with Crippen molar-refractivity contribution in [1.82, 2.24) is 14.2 Å². The van der Waals surface area contributed by atoms with Crippen molar-refractivity contribution in [3.8, 4) is 0 Å². The number of benzene rings is 1. The fraction of sp³-hybridized carbons (Fsp3) is 0.381. The van der Waals surface area contributed by atoms with Gasteiger partial charge in [-0.1, -0.05) is 26.0 Å². The van der Waals surface area contributed by atoms with Gasteiger partial charge in [0.25, 0.3) is 5.56 Å². The first-order valence-electron chi connectivity index (χ1n) is 9.93. The first-order valence-corrected chi connectivity index (χ1v) is 11.4. The molecule has 0 bridgehead atoms. The summed E-state index contributed by atoms with van der Waals surface area (Å²) in [6, 6.07) is 7.85. The predicted molar refractivity (Wildman–Crippen MR) is 118 cm³/mol. The number of aryl methyl sites for hydroxylation is 1. The highest BCUT2D eigenvalue weighted by molar-refractivity contribution is 7.89. The number of hydrogen-bond donors (Lipinski definition) is 2. The summed E-state index contributed by atoms with van der Waals surface area (Å²) >= 11 is 0. The van der Waals surface area contributed by atoms with Crippen molar-refractivity contribution >= 4 is 27.5 Å². The molecule has 31 heavy (non-hydrogen) atoms. The Morgan fingerprint density at radius 1 is 1.03 bits per heavy atom. The van der Waals surface area contributed by atoms with Crippen LogP contribution in [0.1, 0.15) is 25.0 Å². The Morgan fingerprint density at radius 3 is 2.35 bits per heavy atom. The second kappa shape index (κ2) is 10.4. The zero-order chi connectivity index (χ0) is 23.2. The Hall–Kier alpha value is -2.98. The molecule has 0 spiro atoms. The fourth-order valence-corrected chi connectivity index (χ4v) is 4.45. The van der Waals surface area contributed by atoms with Crippen LogP contribution in [0, 0.1) is 13.8 Å². The van der Waals surface area contributed by atoms with Crippen LogP contribution in [0.4, 0.5) is 5.69 Å². The SMILES string of the molecule is CCN(CC)S(=O)(=O)c1ccc(=O)n(CC(=O)NCC(=O)Nc2cccc(C)c2C)c1. The van der Waals surface area contributed by atoms with E-state index in [1.54, 1.807) is 19.9 Å². The van der Waals surface area contributed by atoms with Gasteiger partial charge in [0.15, 0.2) is 0 Å². The van der Waals surface area contributed by atoms with Gasteiger partial charge in [0.1, 0.15) is 6.54 Å². The second-order valence-electron chi connectivity index (χ2n) is 6.99. The first kappa shape index (κ1) is 24.3. The van der Waals surface area contributed by atoms with Crippen molar-refractivity contribution in [1.29, 1.82) is 0 Å². The van der Waals surface area contributed by atoms with Crippen molar-refractivity contribution in [2.75, 3.05) is 25.0 Å². The van der Waals surface area contributed by atoms with Crippen LogP contribution in [0.2, 0.25) is 0 Å². The number of amides is 2. The van der Waals surface area contributed by atoms with E-state index in [0.717, 1.165) is 28.0 Å². The number of rotatable bonds is 9. The van der Waals surface area contributed by atoms with Crippen LogP contribution in [0.3, 0.4) is 0 Å². The molecule has 0 atom stereocenters. The number of carbonyl (C=O) groups is 2. The summed E-state index contributed by atoms with van der Waals surface area (Å²) in [5.41, 5.74) is 2.10. The van der Waals surface area contributed by atoms with Crippen LogP contribution in [0.5, 0.6) is 0 Å². The maximum atomic E-state index is 12.6. The number of pyridine rings is 1. The lowest BCUT2D eigenvalue weighted by Gasteiger charge is -2.19. The second-order valence-corrected chi connectivity index (χ2v) is 8.93. The van der Waals surface area contributed by atoms with Gasteiger partial charge in [-0.15, -0.1) is 0 Å². The first-order chi connectivity index (χ1) is 14.6. The fourth-order valence-electron chi connectivity index (χ4n) is 2.97. The van der Waals surface area contributed by atoms with Crippen LogP contribution < -0.4 is 16.2 Å². The largest absolute Gasteiger partial charge is 0.345 e. The molecule has 168 valence electrons. The van der Waals surface area contributed by atoms with Crippen molar-refractivity contribution in [2.24, 2.45) is 0 Å². The third-order valence-electron chi connectivity index (χ3n) is 4.94. The molecular weight excluding hydrogens is 420 g/mol. The van der Waals surface area contributed by atoms with Crippen LogP contribution in [0.15, 0.2) is 46.2 Å². The predicted octanol–water partition coefficient (Wildman–Crippen LogP) is 1.25. The van der Waals surface area contributed by atoms with E-state index < -0.39 is 33.9 Å². The van der Waals surface area contributed by atoms with Gasteiger partial charge in [-0.2, -0.15) is 4.31 Å². The number of sulfonamides is 1. The summed E-state index contributed by atoms with van der Waals surface area (Å²) in [4.78, 5) is 36.4. The van der Waals surface area contributed by atoms with E-state index in [1.165, 1.54) is 10.4 Å². The van der Waals surface area contributed by atoms with Gasteiger partial charge < -0.3 is 15.2 Å². The third kappa shape index (κ3) is 6.02. The molecule has 0 aliphatic heterocycles.